The summed E-state index contributed by atoms with van der Waals surface area (Å²) in [6.45, 7) is 5.71. The van der Waals surface area contributed by atoms with Crippen molar-refractivity contribution in [1.82, 2.24) is 0 Å². The minimum Gasteiger partial charge on any atom is -0.399 e. The molecule has 0 aliphatic carbocycles. The molecule has 0 spiro atoms. The summed E-state index contributed by atoms with van der Waals surface area (Å²) in [5, 5.41) is 0. The summed E-state index contributed by atoms with van der Waals surface area (Å²) in [4.78, 5) is 2.33. The summed E-state index contributed by atoms with van der Waals surface area (Å²) >= 11 is 0. The van der Waals surface area contributed by atoms with Crippen LogP contribution in [0.3, 0.4) is 0 Å². The number of anilines is 2. The maximum absolute atomic E-state index is 5.88. The largest absolute Gasteiger partial charge is 0.399 e. The van der Waals surface area contributed by atoms with Crippen LogP contribution in [0.1, 0.15) is 12.5 Å². The lowest BCUT2D eigenvalue weighted by molar-refractivity contribution is 0.122. The van der Waals surface area contributed by atoms with E-state index in [4.69, 9.17) is 10.5 Å². The molecule has 1 heterocycles. The van der Waals surface area contributed by atoms with Crippen molar-refractivity contribution in [1.29, 1.82) is 0 Å². The Kier molecular flexibility index (Phi) is 3.11. The Labute approximate surface area is 90.8 Å². The van der Waals surface area contributed by atoms with Crippen molar-refractivity contribution in [3.05, 3.63) is 23.8 Å². The Balaban J connectivity index is 2.22. The van der Waals surface area contributed by atoms with Crippen molar-refractivity contribution in [2.45, 2.75) is 13.3 Å². The van der Waals surface area contributed by atoms with Gasteiger partial charge in [-0.25, -0.2) is 0 Å². The zero-order valence-corrected chi connectivity index (χ0v) is 9.20. The van der Waals surface area contributed by atoms with E-state index >= 15 is 0 Å². The highest BCUT2D eigenvalue weighted by Gasteiger charge is 2.11. The van der Waals surface area contributed by atoms with Gasteiger partial charge in [0.25, 0.3) is 0 Å². The van der Waals surface area contributed by atoms with Crippen LogP contribution in [0, 0.1) is 0 Å². The number of aryl methyl sites for hydroxylation is 1. The molecule has 1 aliphatic rings. The van der Waals surface area contributed by atoms with Gasteiger partial charge in [-0.15, -0.1) is 0 Å². The molecule has 2 N–H and O–H groups in total. The first-order chi connectivity index (χ1) is 7.29. The molecule has 15 heavy (non-hydrogen) atoms. The molecule has 1 saturated heterocycles. The van der Waals surface area contributed by atoms with Crippen molar-refractivity contribution in [2.24, 2.45) is 0 Å². The lowest BCUT2D eigenvalue weighted by Gasteiger charge is -2.29. The van der Waals surface area contributed by atoms with Gasteiger partial charge in [-0.1, -0.05) is 6.92 Å². The maximum atomic E-state index is 5.88. The van der Waals surface area contributed by atoms with E-state index in [1.165, 1.54) is 11.3 Å². The monoisotopic (exact) mass is 206 g/mol. The van der Waals surface area contributed by atoms with Crippen LogP contribution < -0.4 is 10.6 Å². The van der Waals surface area contributed by atoms with Gasteiger partial charge in [0.15, 0.2) is 0 Å². The summed E-state index contributed by atoms with van der Waals surface area (Å²) < 4.78 is 5.34. The first-order valence-corrected chi connectivity index (χ1v) is 5.51. The average Bonchev–Trinajstić information content (AvgIpc) is 2.29. The Morgan fingerprint density at radius 2 is 2.00 bits per heavy atom. The first kappa shape index (κ1) is 10.3. The van der Waals surface area contributed by atoms with Crippen LogP contribution in [0.25, 0.3) is 0 Å². The summed E-state index contributed by atoms with van der Waals surface area (Å²) in [5.74, 6) is 0. The third-order valence-electron chi connectivity index (χ3n) is 2.78. The molecule has 3 heteroatoms. The molecule has 2 rings (SSSR count). The van der Waals surface area contributed by atoms with Crippen molar-refractivity contribution in [3.8, 4) is 0 Å². The highest BCUT2D eigenvalue weighted by molar-refractivity contribution is 5.58. The van der Waals surface area contributed by atoms with Gasteiger partial charge in [0.2, 0.25) is 0 Å². The smallest absolute Gasteiger partial charge is 0.0642 e. The molecule has 0 aromatic heterocycles. The van der Waals surface area contributed by atoms with Crippen LogP contribution in [0.2, 0.25) is 0 Å². The molecule has 1 aliphatic heterocycles. The van der Waals surface area contributed by atoms with Gasteiger partial charge in [0, 0.05) is 24.5 Å². The lowest BCUT2D eigenvalue weighted by Crippen LogP contribution is -2.36. The third kappa shape index (κ3) is 2.42. The fraction of sp³-hybridized carbons (Fsp3) is 0.500. The summed E-state index contributed by atoms with van der Waals surface area (Å²) in [5.41, 5.74) is 9.27. The first-order valence-electron chi connectivity index (χ1n) is 5.51. The van der Waals surface area contributed by atoms with Crippen LogP contribution in [0.15, 0.2) is 18.2 Å². The Bertz CT molecular complexity index is 332. The fourth-order valence-electron chi connectivity index (χ4n) is 1.91. The molecule has 0 saturated carbocycles. The Morgan fingerprint density at radius 3 is 2.67 bits per heavy atom. The average molecular weight is 206 g/mol. The number of nitrogens with two attached hydrogens (primary N) is 1. The maximum Gasteiger partial charge on any atom is 0.0642 e. The number of ether oxygens (including phenoxy) is 1. The number of nitrogen functional groups attached to an aromatic ring is 1. The normalized spacial score (nSPS) is 16.7. The Hall–Kier alpha value is -1.22. The Morgan fingerprint density at radius 1 is 1.27 bits per heavy atom. The zero-order valence-electron chi connectivity index (χ0n) is 9.20. The SMILES string of the molecule is CCc1cc(N)cc(N2CCOCC2)c1. The van der Waals surface area contributed by atoms with Gasteiger partial charge in [-0.3, -0.25) is 0 Å². The van der Waals surface area contributed by atoms with E-state index in [9.17, 15) is 0 Å². The standard InChI is InChI=1S/C12H18N2O/c1-2-10-7-11(13)9-12(8-10)14-3-5-15-6-4-14/h7-9H,2-6,13H2,1H3. The lowest BCUT2D eigenvalue weighted by atomic mass is 10.1. The topological polar surface area (TPSA) is 38.5 Å². The summed E-state index contributed by atoms with van der Waals surface area (Å²) in [7, 11) is 0. The van der Waals surface area contributed by atoms with E-state index in [2.05, 4.69) is 17.9 Å². The molecule has 0 radical (unpaired) electrons. The van der Waals surface area contributed by atoms with Crippen LogP contribution >= 0.6 is 0 Å². The molecule has 0 atom stereocenters. The predicted molar refractivity (Wildman–Crippen MR) is 63.3 cm³/mol. The van der Waals surface area contributed by atoms with E-state index in [0.717, 1.165) is 38.4 Å². The van der Waals surface area contributed by atoms with Gasteiger partial charge >= 0.3 is 0 Å². The van der Waals surface area contributed by atoms with Crippen molar-refractivity contribution < 1.29 is 4.74 Å². The van der Waals surface area contributed by atoms with E-state index < -0.39 is 0 Å². The number of rotatable bonds is 2. The fourth-order valence-corrected chi connectivity index (χ4v) is 1.91. The molecule has 1 aromatic carbocycles. The predicted octanol–water partition coefficient (Wildman–Crippen LogP) is 1.67. The minimum absolute atomic E-state index is 0.816. The van der Waals surface area contributed by atoms with Gasteiger partial charge in [-0.2, -0.15) is 0 Å². The molecule has 0 unspecified atom stereocenters. The highest BCUT2D eigenvalue weighted by atomic mass is 16.5. The second-order valence-electron chi connectivity index (χ2n) is 3.89. The van der Waals surface area contributed by atoms with Crippen LogP contribution in [-0.2, 0) is 11.2 Å². The third-order valence-corrected chi connectivity index (χ3v) is 2.78. The van der Waals surface area contributed by atoms with Gasteiger partial charge in [-0.05, 0) is 30.2 Å². The summed E-state index contributed by atoms with van der Waals surface area (Å²) in [6.07, 6.45) is 1.03. The van der Waals surface area contributed by atoms with Gasteiger partial charge < -0.3 is 15.4 Å². The molecule has 0 amide bonds. The van der Waals surface area contributed by atoms with E-state index in [-0.39, 0.29) is 0 Å². The molecule has 0 bridgehead atoms. The van der Waals surface area contributed by atoms with Crippen molar-refractivity contribution >= 4 is 11.4 Å². The number of nitrogens with zero attached hydrogens (tertiary/aromatic N) is 1. The van der Waals surface area contributed by atoms with E-state index in [1.54, 1.807) is 0 Å². The number of hydrogen-bond acceptors (Lipinski definition) is 3. The quantitative estimate of drug-likeness (QED) is 0.748. The van der Waals surface area contributed by atoms with Gasteiger partial charge in [0.1, 0.15) is 0 Å². The van der Waals surface area contributed by atoms with E-state index in [1.807, 2.05) is 12.1 Å². The second-order valence-corrected chi connectivity index (χ2v) is 3.89. The highest BCUT2D eigenvalue weighted by Crippen LogP contribution is 2.21. The summed E-state index contributed by atoms with van der Waals surface area (Å²) in [6, 6.07) is 6.32. The minimum atomic E-state index is 0.816. The molecular formula is C12H18N2O. The molecule has 82 valence electrons. The van der Waals surface area contributed by atoms with Crippen LogP contribution in [0.5, 0.6) is 0 Å². The second kappa shape index (κ2) is 4.53. The number of hydrogen-bond donors (Lipinski definition) is 1. The van der Waals surface area contributed by atoms with E-state index in [0.29, 0.717) is 0 Å². The number of benzene rings is 1. The van der Waals surface area contributed by atoms with Crippen molar-refractivity contribution in [2.75, 3.05) is 36.9 Å². The van der Waals surface area contributed by atoms with Crippen molar-refractivity contribution in [3.63, 3.8) is 0 Å². The van der Waals surface area contributed by atoms with Crippen LogP contribution in [0.4, 0.5) is 11.4 Å². The molecule has 1 fully saturated rings. The molecule has 3 nitrogen and oxygen atoms in total. The van der Waals surface area contributed by atoms with Crippen LogP contribution in [-0.4, -0.2) is 26.3 Å². The number of morpholine rings is 1. The molecular weight excluding hydrogens is 188 g/mol. The zero-order chi connectivity index (χ0) is 10.7. The molecule has 1 aromatic rings. The van der Waals surface area contributed by atoms with Gasteiger partial charge in [0.05, 0.1) is 13.2 Å².